The third-order valence-corrected chi connectivity index (χ3v) is 3.40. The largest absolute Gasteiger partial charge is 0.459 e. The average molecular weight is 273 g/mol. The van der Waals surface area contributed by atoms with Gasteiger partial charge in [0, 0.05) is 5.69 Å². The van der Waals surface area contributed by atoms with E-state index in [4.69, 9.17) is 4.74 Å². The second-order valence-corrected chi connectivity index (χ2v) is 4.94. The molecule has 0 spiro atoms. The second-order valence-electron chi connectivity index (χ2n) is 4.94. The summed E-state index contributed by atoms with van der Waals surface area (Å²) in [6, 6.07) is 6.67. The third kappa shape index (κ3) is 3.95. The van der Waals surface area contributed by atoms with Gasteiger partial charge in [-0.3, -0.25) is 4.79 Å². The molecule has 0 radical (unpaired) electrons. The maximum Gasteiger partial charge on any atom is 0.338 e. The van der Waals surface area contributed by atoms with Crippen molar-refractivity contribution in [3.63, 3.8) is 0 Å². The van der Waals surface area contributed by atoms with Crippen LogP contribution >= 0.6 is 0 Å². The monoisotopic (exact) mass is 273 g/mol. The van der Waals surface area contributed by atoms with E-state index >= 15 is 0 Å². The van der Waals surface area contributed by atoms with Gasteiger partial charge in [-0.25, -0.2) is 4.79 Å². The molecule has 2 rings (SSSR count). The Bertz CT molecular complexity index is 487. The van der Waals surface area contributed by atoms with E-state index in [9.17, 15) is 9.59 Å². The van der Waals surface area contributed by atoms with E-state index in [2.05, 4.69) is 11.9 Å². The predicted octanol–water partition coefficient (Wildman–Crippen LogP) is 3.30. The van der Waals surface area contributed by atoms with Gasteiger partial charge in [0.05, 0.1) is 5.56 Å². The van der Waals surface area contributed by atoms with Crippen molar-refractivity contribution >= 4 is 17.6 Å². The highest BCUT2D eigenvalue weighted by Crippen LogP contribution is 2.21. The molecule has 4 nitrogen and oxygen atoms in total. The standard InChI is InChI=1S/C16H19NO3/c1-2-15(18)17-13-10-8-12(9-11-13)16(19)20-14-6-4-3-5-7-14/h2,8-11,14H,1,3-7H2,(H,17,18). The molecule has 0 unspecified atom stereocenters. The van der Waals surface area contributed by atoms with E-state index in [0.29, 0.717) is 11.3 Å². The van der Waals surface area contributed by atoms with E-state index < -0.39 is 0 Å². The predicted molar refractivity (Wildman–Crippen MR) is 77.6 cm³/mol. The van der Waals surface area contributed by atoms with E-state index in [1.807, 2.05) is 0 Å². The van der Waals surface area contributed by atoms with E-state index in [1.54, 1.807) is 24.3 Å². The number of carbonyl (C=O) groups excluding carboxylic acids is 2. The van der Waals surface area contributed by atoms with Crippen LogP contribution in [0.2, 0.25) is 0 Å². The highest BCUT2D eigenvalue weighted by atomic mass is 16.5. The number of rotatable bonds is 4. The van der Waals surface area contributed by atoms with E-state index in [-0.39, 0.29) is 18.0 Å². The molecule has 0 atom stereocenters. The molecule has 0 heterocycles. The zero-order chi connectivity index (χ0) is 14.4. The van der Waals surface area contributed by atoms with Crippen molar-refractivity contribution in [3.8, 4) is 0 Å². The number of anilines is 1. The summed E-state index contributed by atoms with van der Waals surface area (Å²) in [5.41, 5.74) is 1.14. The lowest BCUT2D eigenvalue weighted by atomic mass is 9.98. The van der Waals surface area contributed by atoms with Crippen LogP contribution in [0.15, 0.2) is 36.9 Å². The minimum absolute atomic E-state index is 0.0522. The first kappa shape index (κ1) is 14.3. The van der Waals surface area contributed by atoms with Crippen LogP contribution in [0.5, 0.6) is 0 Å². The molecule has 1 aromatic rings. The molecule has 0 aromatic heterocycles. The Morgan fingerprint density at radius 1 is 1.15 bits per heavy atom. The van der Waals surface area contributed by atoms with Crippen LogP contribution in [0.1, 0.15) is 42.5 Å². The van der Waals surface area contributed by atoms with E-state index in [0.717, 1.165) is 25.7 Å². The Kier molecular flexibility index (Phi) is 4.93. The van der Waals surface area contributed by atoms with Gasteiger partial charge in [0.15, 0.2) is 0 Å². The van der Waals surface area contributed by atoms with Gasteiger partial charge in [0.1, 0.15) is 6.10 Å². The summed E-state index contributed by atoms with van der Waals surface area (Å²) in [7, 11) is 0. The van der Waals surface area contributed by atoms with Crippen LogP contribution in [0.25, 0.3) is 0 Å². The van der Waals surface area contributed by atoms with Gasteiger partial charge < -0.3 is 10.1 Å². The molecular weight excluding hydrogens is 254 g/mol. The summed E-state index contributed by atoms with van der Waals surface area (Å²) >= 11 is 0. The molecule has 1 aliphatic rings. The highest BCUT2D eigenvalue weighted by molar-refractivity contribution is 5.99. The highest BCUT2D eigenvalue weighted by Gasteiger charge is 2.18. The van der Waals surface area contributed by atoms with Crippen molar-refractivity contribution in [1.29, 1.82) is 0 Å². The van der Waals surface area contributed by atoms with Crippen molar-refractivity contribution in [2.45, 2.75) is 38.2 Å². The van der Waals surface area contributed by atoms with E-state index in [1.165, 1.54) is 12.5 Å². The molecule has 20 heavy (non-hydrogen) atoms. The first-order valence-electron chi connectivity index (χ1n) is 6.93. The lowest BCUT2D eigenvalue weighted by Crippen LogP contribution is -2.20. The molecule has 0 aliphatic heterocycles. The Morgan fingerprint density at radius 2 is 1.80 bits per heavy atom. The van der Waals surface area contributed by atoms with Crippen molar-refractivity contribution in [3.05, 3.63) is 42.5 Å². The van der Waals surface area contributed by atoms with Crippen LogP contribution in [0.4, 0.5) is 5.69 Å². The SMILES string of the molecule is C=CC(=O)Nc1ccc(C(=O)OC2CCCCC2)cc1. The lowest BCUT2D eigenvalue weighted by Gasteiger charge is -2.21. The first-order valence-corrected chi connectivity index (χ1v) is 6.93. The van der Waals surface area contributed by atoms with Crippen molar-refractivity contribution in [2.24, 2.45) is 0 Å². The second kappa shape index (κ2) is 6.89. The molecule has 1 fully saturated rings. The molecule has 0 saturated heterocycles. The average Bonchev–Trinajstić information content (AvgIpc) is 2.49. The zero-order valence-corrected chi connectivity index (χ0v) is 11.4. The van der Waals surface area contributed by atoms with Crippen molar-refractivity contribution in [1.82, 2.24) is 0 Å². The third-order valence-electron chi connectivity index (χ3n) is 3.40. The summed E-state index contributed by atoms with van der Waals surface area (Å²) in [4.78, 5) is 23.1. The number of benzene rings is 1. The molecule has 4 heteroatoms. The molecule has 1 N–H and O–H groups in total. The Balaban J connectivity index is 1.92. The van der Waals surface area contributed by atoms with Crippen LogP contribution in [-0.2, 0) is 9.53 Å². The van der Waals surface area contributed by atoms with Crippen LogP contribution in [0.3, 0.4) is 0 Å². The summed E-state index contributed by atoms with van der Waals surface area (Å²) < 4.78 is 5.48. The number of hydrogen-bond acceptors (Lipinski definition) is 3. The van der Waals surface area contributed by atoms with Gasteiger partial charge in [-0.15, -0.1) is 0 Å². The summed E-state index contributed by atoms with van der Waals surface area (Å²) in [6.45, 7) is 3.38. The smallest absolute Gasteiger partial charge is 0.338 e. The lowest BCUT2D eigenvalue weighted by molar-refractivity contribution is -0.111. The number of esters is 1. The topological polar surface area (TPSA) is 55.4 Å². The number of amides is 1. The fourth-order valence-corrected chi connectivity index (χ4v) is 2.29. The van der Waals surface area contributed by atoms with Gasteiger partial charge in [-0.1, -0.05) is 13.0 Å². The summed E-state index contributed by atoms with van der Waals surface area (Å²) in [5, 5.41) is 2.63. The van der Waals surface area contributed by atoms with Crippen molar-refractivity contribution < 1.29 is 14.3 Å². The summed E-state index contributed by atoms with van der Waals surface area (Å²) in [6.07, 6.45) is 6.65. The molecule has 1 aliphatic carbocycles. The van der Waals surface area contributed by atoms with Gasteiger partial charge in [0.25, 0.3) is 0 Å². The number of ether oxygens (including phenoxy) is 1. The van der Waals surface area contributed by atoms with Crippen LogP contribution in [0, 0.1) is 0 Å². The molecule has 1 amide bonds. The molecular formula is C16H19NO3. The summed E-state index contributed by atoms with van der Waals surface area (Å²) in [5.74, 6) is -0.568. The maximum absolute atomic E-state index is 12.0. The molecule has 106 valence electrons. The van der Waals surface area contributed by atoms with Gasteiger partial charge in [-0.2, -0.15) is 0 Å². The van der Waals surface area contributed by atoms with Gasteiger partial charge in [0.2, 0.25) is 5.91 Å². The Labute approximate surface area is 118 Å². The van der Waals surface area contributed by atoms with Gasteiger partial charge >= 0.3 is 5.97 Å². The van der Waals surface area contributed by atoms with Crippen LogP contribution in [-0.4, -0.2) is 18.0 Å². The van der Waals surface area contributed by atoms with Crippen LogP contribution < -0.4 is 5.32 Å². The fraction of sp³-hybridized carbons (Fsp3) is 0.375. The Morgan fingerprint density at radius 3 is 2.40 bits per heavy atom. The molecule has 1 aromatic carbocycles. The quantitative estimate of drug-likeness (QED) is 0.676. The normalized spacial score (nSPS) is 15.4. The van der Waals surface area contributed by atoms with Gasteiger partial charge in [-0.05, 0) is 56.0 Å². The minimum atomic E-state index is -0.293. The number of carbonyl (C=O) groups is 2. The number of hydrogen-bond donors (Lipinski definition) is 1. The number of nitrogens with one attached hydrogen (secondary N) is 1. The fourth-order valence-electron chi connectivity index (χ4n) is 2.29. The zero-order valence-electron chi connectivity index (χ0n) is 11.4. The first-order chi connectivity index (χ1) is 9.69. The molecule has 0 bridgehead atoms. The maximum atomic E-state index is 12.0. The Hall–Kier alpha value is -2.10. The minimum Gasteiger partial charge on any atom is -0.459 e. The molecule has 1 saturated carbocycles. The van der Waals surface area contributed by atoms with Crippen molar-refractivity contribution in [2.75, 3.05) is 5.32 Å².